The first-order chi connectivity index (χ1) is 9.99. The van der Waals surface area contributed by atoms with E-state index in [0.29, 0.717) is 5.69 Å². The van der Waals surface area contributed by atoms with Gasteiger partial charge in [-0.1, -0.05) is 18.2 Å². The number of benzene rings is 1. The van der Waals surface area contributed by atoms with Crippen LogP contribution in [0.4, 0.5) is 11.4 Å². The third-order valence-corrected chi connectivity index (χ3v) is 3.23. The number of rotatable bonds is 4. The average Bonchev–Trinajstić information content (AvgIpc) is 2.47. The van der Waals surface area contributed by atoms with Gasteiger partial charge in [0.05, 0.1) is 6.04 Å². The van der Waals surface area contributed by atoms with Crippen LogP contribution in [0.5, 0.6) is 0 Å². The van der Waals surface area contributed by atoms with E-state index >= 15 is 0 Å². The van der Waals surface area contributed by atoms with Crippen molar-refractivity contribution in [2.45, 2.75) is 13.0 Å². The number of carbonyl (C=O) groups excluding carboxylic acids is 1. The number of aromatic nitrogens is 1. The van der Waals surface area contributed by atoms with E-state index in [9.17, 15) is 4.79 Å². The van der Waals surface area contributed by atoms with Crippen LogP contribution in [0.3, 0.4) is 0 Å². The molecule has 1 atom stereocenters. The minimum absolute atomic E-state index is 0.0379. The lowest BCUT2D eigenvalue weighted by Gasteiger charge is -2.18. The summed E-state index contributed by atoms with van der Waals surface area (Å²) < 4.78 is 0. The van der Waals surface area contributed by atoms with E-state index in [-0.39, 0.29) is 11.9 Å². The van der Waals surface area contributed by atoms with Crippen LogP contribution in [0.25, 0.3) is 0 Å². The molecule has 0 aliphatic carbocycles. The Morgan fingerprint density at radius 1 is 1.29 bits per heavy atom. The zero-order valence-corrected chi connectivity index (χ0v) is 12.5. The highest BCUT2D eigenvalue weighted by atomic mass is 16.2. The predicted octanol–water partition coefficient (Wildman–Crippen LogP) is 2.54. The normalized spacial score (nSPS) is 11.8. The number of pyridine rings is 1. The van der Waals surface area contributed by atoms with Gasteiger partial charge in [-0.05, 0) is 30.7 Å². The number of hydrogen-bond donors (Lipinski definition) is 2. The van der Waals surface area contributed by atoms with Gasteiger partial charge in [0, 0.05) is 31.7 Å². The van der Waals surface area contributed by atoms with Crippen LogP contribution in [-0.4, -0.2) is 29.9 Å². The molecule has 0 radical (unpaired) electrons. The van der Waals surface area contributed by atoms with E-state index in [0.717, 1.165) is 16.9 Å². The first-order valence-corrected chi connectivity index (χ1v) is 6.77. The Morgan fingerprint density at radius 2 is 2.00 bits per heavy atom. The fraction of sp³-hybridized carbons (Fsp3) is 0.250. The van der Waals surface area contributed by atoms with Crippen molar-refractivity contribution >= 4 is 17.3 Å². The molecule has 21 heavy (non-hydrogen) atoms. The molecule has 0 bridgehead atoms. The number of nitrogens with zero attached hydrogens (tertiary/aromatic N) is 2. The lowest BCUT2D eigenvalue weighted by molar-refractivity contribution is 0.0822. The number of carbonyl (C=O) groups is 1. The number of nitrogens with one attached hydrogen (secondary N) is 1. The summed E-state index contributed by atoms with van der Waals surface area (Å²) in [7, 11) is 3.41. The van der Waals surface area contributed by atoms with Crippen molar-refractivity contribution in [1.82, 2.24) is 9.88 Å². The molecular formula is C16H20N4O. The molecule has 2 rings (SSSR count). The second kappa shape index (κ2) is 6.26. The molecule has 3 N–H and O–H groups in total. The van der Waals surface area contributed by atoms with E-state index < -0.39 is 0 Å². The SMILES string of the molecule is CC(Nc1ccnc(C(=O)N(C)C)c1)c1ccccc1N. The minimum atomic E-state index is -0.120. The molecule has 0 aliphatic rings. The van der Waals surface area contributed by atoms with Gasteiger partial charge >= 0.3 is 0 Å². The molecule has 1 aromatic carbocycles. The zero-order valence-electron chi connectivity index (χ0n) is 12.5. The van der Waals surface area contributed by atoms with Gasteiger partial charge in [0.15, 0.2) is 0 Å². The zero-order chi connectivity index (χ0) is 15.4. The Hall–Kier alpha value is -2.56. The highest BCUT2D eigenvalue weighted by Gasteiger charge is 2.12. The minimum Gasteiger partial charge on any atom is -0.398 e. The molecule has 1 aromatic heterocycles. The molecule has 110 valence electrons. The maximum atomic E-state index is 11.9. The number of hydrogen-bond acceptors (Lipinski definition) is 4. The Morgan fingerprint density at radius 3 is 2.67 bits per heavy atom. The van der Waals surface area contributed by atoms with Crippen molar-refractivity contribution < 1.29 is 4.79 Å². The average molecular weight is 284 g/mol. The quantitative estimate of drug-likeness (QED) is 0.846. The highest BCUT2D eigenvalue weighted by molar-refractivity contribution is 5.92. The highest BCUT2D eigenvalue weighted by Crippen LogP contribution is 2.23. The lowest BCUT2D eigenvalue weighted by Crippen LogP contribution is -2.22. The summed E-state index contributed by atoms with van der Waals surface area (Å²) in [4.78, 5) is 17.5. The summed E-state index contributed by atoms with van der Waals surface area (Å²) in [6.45, 7) is 2.03. The van der Waals surface area contributed by atoms with Gasteiger partial charge in [-0.2, -0.15) is 0 Å². The van der Waals surface area contributed by atoms with Gasteiger partial charge in [0.1, 0.15) is 5.69 Å². The van der Waals surface area contributed by atoms with Crippen LogP contribution >= 0.6 is 0 Å². The summed E-state index contributed by atoms with van der Waals surface area (Å²) in [5.41, 5.74) is 9.00. The third kappa shape index (κ3) is 3.51. The Kier molecular flexibility index (Phi) is 4.42. The van der Waals surface area contributed by atoms with Crippen LogP contribution in [0.2, 0.25) is 0 Å². The lowest BCUT2D eigenvalue weighted by atomic mass is 10.1. The molecule has 1 heterocycles. The molecule has 5 heteroatoms. The molecule has 5 nitrogen and oxygen atoms in total. The fourth-order valence-electron chi connectivity index (χ4n) is 2.10. The van der Waals surface area contributed by atoms with Crippen LogP contribution in [0.15, 0.2) is 42.6 Å². The number of amides is 1. The van der Waals surface area contributed by atoms with E-state index in [1.165, 1.54) is 4.90 Å². The van der Waals surface area contributed by atoms with Crippen molar-refractivity contribution in [3.63, 3.8) is 0 Å². The Labute approximate surface area is 124 Å². The van der Waals surface area contributed by atoms with Crippen LogP contribution in [-0.2, 0) is 0 Å². The second-order valence-electron chi connectivity index (χ2n) is 5.12. The second-order valence-corrected chi connectivity index (χ2v) is 5.12. The smallest absolute Gasteiger partial charge is 0.272 e. The third-order valence-electron chi connectivity index (χ3n) is 3.23. The molecule has 0 saturated heterocycles. The van der Waals surface area contributed by atoms with Crippen molar-refractivity contribution in [3.05, 3.63) is 53.9 Å². The van der Waals surface area contributed by atoms with Gasteiger partial charge < -0.3 is 16.0 Å². The Balaban J connectivity index is 2.18. The molecule has 1 amide bonds. The number of nitrogens with two attached hydrogens (primary N) is 1. The van der Waals surface area contributed by atoms with E-state index in [2.05, 4.69) is 10.3 Å². The summed E-state index contributed by atoms with van der Waals surface area (Å²) in [5.74, 6) is -0.120. The predicted molar refractivity (Wildman–Crippen MR) is 85.1 cm³/mol. The monoisotopic (exact) mass is 284 g/mol. The fourth-order valence-corrected chi connectivity index (χ4v) is 2.10. The molecule has 0 fully saturated rings. The van der Waals surface area contributed by atoms with Crippen molar-refractivity contribution in [1.29, 1.82) is 0 Å². The van der Waals surface area contributed by atoms with Gasteiger partial charge in [0.2, 0.25) is 0 Å². The first-order valence-electron chi connectivity index (χ1n) is 6.77. The molecule has 1 unspecified atom stereocenters. The largest absolute Gasteiger partial charge is 0.398 e. The number of para-hydroxylation sites is 1. The molecule has 0 aliphatic heterocycles. The van der Waals surface area contributed by atoms with Gasteiger partial charge in [-0.15, -0.1) is 0 Å². The maximum absolute atomic E-state index is 11.9. The topological polar surface area (TPSA) is 71.2 Å². The number of nitrogen functional groups attached to an aromatic ring is 1. The first kappa shape index (κ1) is 14.8. The molecule has 2 aromatic rings. The number of anilines is 2. The molecule has 0 saturated carbocycles. The van der Waals surface area contributed by atoms with Crippen molar-refractivity contribution in [3.8, 4) is 0 Å². The summed E-state index contributed by atoms with van der Waals surface area (Å²) in [6.07, 6.45) is 1.63. The van der Waals surface area contributed by atoms with Gasteiger partial charge in [-0.3, -0.25) is 9.78 Å². The van der Waals surface area contributed by atoms with Crippen LogP contribution in [0.1, 0.15) is 29.0 Å². The van der Waals surface area contributed by atoms with Crippen molar-refractivity contribution in [2.24, 2.45) is 0 Å². The van der Waals surface area contributed by atoms with E-state index in [1.807, 2.05) is 37.3 Å². The van der Waals surface area contributed by atoms with Gasteiger partial charge in [-0.25, -0.2) is 0 Å². The van der Waals surface area contributed by atoms with E-state index in [1.54, 1.807) is 26.4 Å². The maximum Gasteiger partial charge on any atom is 0.272 e. The van der Waals surface area contributed by atoms with Crippen LogP contribution in [0, 0.1) is 0 Å². The molecular weight excluding hydrogens is 264 g/mol. The standard InChI is InChI=1S/C16H20N4O/c1-11(13-6-4-5-7-14(13)17)19-12-8-9-18-15(10-12)16(21)20(2)3/h4-11H,17H2,1-3H3,(H,18,19). The van der Waals surface area contributed by atoms with Crippen molar-refractivity contribution in [2.75, 3.05) is 25.1 Å². The summed E-state index contributed by atoms with van der Waals surface area (Å²) in [5, 5.41) is 3.34. The Bertz CT molecular complexity index is 640. The summed E-state index contributed by atoms with van der Waals surface area (Å²) >= 11 is 0. The van der Waals surface area contributed by atoms with Crippen LogP contribution < -0.4 is 11.1 Å². The molecule has 0 spiro atoms. The summed E-state index contributed by atoms with van der Waals surface area (Å²) in [6, 6.07) is 11.3. The van der Waals surface area contributed by atoms with E-state index in [4.69, 9.17) is 5.73 Å². The van der Waals surface area contributed by atoms with Gasteiger partial charge in [0.25, 0.3) is 5.91 Å².